The highest BCUT2D eigenvalue weighted by Crippen LogP contribution is 2.18. The molecule has 0 aliphatic heterocycles. The van der Waals surface area contributed by atoms with E-state index in [9.17, 15) is 9.59 Å². The number of ether oxygens (including phenoxy) is 1. The fourth-order valence-corrected chi connectivity index (χ4v) is 4.89. The fourth-order valence-electron chi connectivity index (χ4n) is 4.89. The van der Waals surface area contributed by atoms with Gasteiger partial charge in [0, 0.05) is 0 Å². The predicted molar refractivity (Wildman–Crippen MR) is 158 cm³/mol. The SMILES string of the molecule is CCCCCCCCCCCC/C=C/CCCCCCCCCCCCC(CC(=O)O)C(=O)OCCC. The third-order valence-electron chi connectivity index (χ3n) is 7.27. The normalized spacial score (nSPS) is 12.3. The molecule has 0 radical (unpaired) electrons. The molecule has 0 saturated heterocycles. The zero-order valence-corrected chi connectivity index (χ0v) is 24.8. The lowest BCUT2D eigenvalue weighted by atomic mass is 9.97. The van der Waals surface area contributed by atoms with Crippen molar-refractivity contribution in [3.63, 3.8) is 0 Å². The Kier molecular flexibility index (Phi) is 28.2. The minimum atomic E-state index is -0.918. The Morgan fingerprint density at radius 1 is 0.595 bits per heavy atom. The summed E-state index contributed by atoms with van der Waals surface area (Å²) >= 11 is 0. The second kappa shape index (κ2) is 29.2. The zero-order chi connectivity index (χ0) is 27.2. The quantitative estimate of drug-likeness (QED) is 0.0602. The van der Waals surface area contributed by atoms with Crippen LogP contribution in [0.2, 0.25) is 0 Å². The number of rotatable bonds is 29. The summed E-state index contributed by atoms with van der Waals surface area (Å²) in [5.74, 6) is -1.74. The van der Waals surface area contributed by atoms with Crippen LogP contribution in [0.25, 0.3) is 0 Å². The standard InChI is InChI=1S/C33H62O4/c1-3-5-6-7-8-9-10-11-12-13-14-15-16-17-18-19-20-21-22-23-24-25-26-27-28-31(30-32(34)35)33(36)37-29-4-2/h15-16,31H,3-14,17-30H2,1-2H3,(H,34,35)/b16-15+. The maximum Gasteiger partial charge on any atom is 0.309 e. The molecular weight excluding hydrogens is 460 g/mol. The lowest BCUT2D eigenvalue weighted by Crippen LogP contribution is -2.21. The van der Waals surface area contributed by atoms with Crippen LogP contribution in [0.1, 0.15) is 174 Å². The van der Waals surface area contributed by atoms with Crippen LogP contribution >= 0.6 is 0 Å². The minimum Gasteiger partial charge on any atom is -0.481 e. The second-order valence-electron chi connectivity index (χ2n) is 11.0. The molecule has 0 fully saturated rings. The van der Waals surface area contributed by atoms with Crippen LogP contribution in [0.4, 0.5) is 0 Å². The number of carboxylic acids is 1. The number of carbonyl (C=O) groups is 2. The van der Waals surface area contributed by atoms with Gasteiger partial charge in [0.25, 0.3) is 0 Å². The Labute approximate surface area is 230 Å². The van der Waals surface area contributed by atoms with Crippen molar-refractivity contribution in [3.8, 4) is 0 Å². The highest BCUT2D eigenvalue weighted by Gasteiger charge is 2.22. The molecule has 0 aliphatic rings. The summed E-state index contributed by atoms with van der Waals surface area (Å²) in [5.41, 5.74) is 0. The molecule has 0 bridgehead atoms. The van der Waals surface area contributed by atoms with E-state index in [4.69, 9.17) is 9.84 Å². The van der Waals surface area contributed by atoms with Gasteiger partial charge in [0.15, 0.2) is 0 Å². The van der Waals surface area contributed by atoms with Crippen LogP contribution in [-0.4, -0.2) is 23.7 Å². The molecule has 0 heterocycles. The topological polar surface area (TPSA) is 63.6 Å². The Morgan fingerprint density at radius 2 is 1.00 bits per heavy atom. The predicted octanol–water partition coefficient (Wildman–Crippen LogP) is 10.6. The summed E-state index contributed by atoms with van der Waals surface area (Å²) in [4.78, 5) is 23.0. The first-order valence-electron chi connectivity index (χ1n) is 16.1. The van der Waals surface area contributed by atoms with Crippen LogP contribution in [0, 0.1) is 5.92 Å². The van der Waals surface area contributed by atoms with Gasteiger partial charge in [-0.05, 0) is 38.5 Å². The number of hydrogen-bond donors (Lipinski definition) is 1. The first kappa shape index (κ1) is 35.7. The molecule has 0 rings (SSSR count). The number of unbranched alkanes of at least 4 members (excludes halogenated alkanes) is 20. The van der Waals surface area contributed by atoms with Gasteiger partial charge in [-0.25, -0.2) is 0 Å². The molecule has 0 aliphatic carbocycles. The number of carbonyl (C=O) groups excluding carboxylic acids is 1. The molecule has 0 aromatic rings. The van der Waals surface area contributed by atoms with Crippen molar-refractivity contribution < 1.29 is 19.4 Å². The molecular formula is C33H62O4. The molecule has 37 heavy (non-hydrogen) atoms. The average molecular weight is 523 g/mol. The van der Waals surface area contributed by atoms with Crippen molar-refractivity contribution in [1.29, 1.82) is 0 Å². The van der Waals surface area contributed by atoms with E-state index in [0.717, 1.165) is 19.3 Å². The molecule has 0 saturated carbocycles. The van der Waals surface area contributed by atoms with E-state index in [0.29, 0.717) is 13.0 Å². The minimum absolute atomic E-state index is 0.113. The van der Waals surface area contributed by atoms with Crippen LogP contribution in [0.5, 0.6) is 0 Å². The molecule has 1 unspecified atom stereocenters. The largest absolute Gasteiger partial charge is 0.481 e. The zero-order valence-electron chi connectivity index (χ0n) is 24.8. The van der Waals surface area contributed by atoms with E-state index in [1.807, 2.05) is 6.92 Å². The van der Waals surface area contributed by atoms with Crippen molar-refractivity contribution in [2.45, 2.75) is 174 Å². The molecule has 4 heteroatoms. The molecule has 0 aromatic heterocycles. The van der Waals surface area contributed by atoms with Crippen molar-refractivity contribution >= 4 is 11.9 Å². The first-order valence-corrected chi connectivity index (χ1v) is 16.1. The lowest BCUT2D eigenvalue weighted by Gasteiger charge is -2.13. The number of hydrogen-bond acceptors (Lipinski definition) is 3. The summed E-state index contributed by atoms with van der Waals surface area (Å²) in [6, 6.07) is 0. The van der Waals surface area contributed by atoms with E-state index >= 15 is 0 Å². The monoisotopic (exact) mass is 522 g/mol. The van der Waals surface area contributed by atoms with Gasteiger partial charge in [-0.3, -0.25) is 9.59 Å². The van der Waals surface area contributed by atoms with Crippen molar-refractivity contribution in [3.05, 3.63) is 12.2 Å². The first-order chi connectivity index (χ1) is 18.1. The Hall–Kier alpha value is -1.32. The van der Waals surface area contributed by atoms with E-state index in [-0.39, 0.29) is 12.4 Å². The highest BCUT2D eigenvalue weighted by atomic mass is 16.5. The molecule has 0 amide bonds. The highest BCUT2D eigenvalue weighted by molar-refractivity contribution is 5.79. The van der Waals surface area contributed by atoms with Gasteiger partial charge in [-0.15, -0.1) is 0 Å². The van der Waals surface area contributed by atoms with Gasteiger partial charge in [-0.1, -0.05) is 142 Å². The molecule has 0 aromatic carbocycles. The molecule has 4 nitrogen and oxygen atoms in total. The maximum absolute atomic E-state index is 12.0. The third kappa shape index (κ3) is 27.5. The average Bonchev–Trinajstić information content (AvgIpc) is 2.88. The number of carboxylic acid groups (broad SMARTS) is 1. The summed E-state index contributed by atoms with van der Waals surface area (Å²) < 4.78 is 5.15. The van der Waals surface area contributed by atoms with E-state index in [1.54, 1.807) is 0 Å². The Bertz CT molecular complexity index is 528. The van der Waals surface area contributed by atoms with Gasteiger partial charge in [0.2, 0.25) is 0 Å². The Balaban J connectivity index is 3.39. The van der Waals surface area contributed by atoms with Crippen LogP contribution < -0.4 is 0 Å². The summed E-state index contributed by atoms with van der Waals surface area (Å²) in [6.07, 6.45) is 35.1. The Morgan fingerprint density at radius 3 is 1.41 bits per heavy atom. The summed E-state index contributed by atoms with van der Waals surface area (Å²) in [7, 11) is 0. The van der Waals surface area contributed by atoms with Gasteiger partial charge in [-0.2, -0.15) is 0 Å². The van der Waals surface area contributed by atoms with Crippen LogP contribution in [0.3, 0.4) is 0 Å². The summed E-state index contributed by atoms with van der Waals surface area (Å²) in [6.45, 7) is 4.61. The van der Waals surface area contributed by atoms with E-state index in [1.165, 1.54) is 128 Å². The van der Waals surface area contributed by atoms with Crippen LogP contribution in [-0.2, 0) is 14.3 Å². The van der Waals surface area contributed by atoms with Crippen molar-refractivity contribution in [1.82, 2.24) is 0 Å². The number of esters is 1. The van der Waals surface area contributed by atoms with E-state index in [2.05, 4.69) is 19.1 Å². The molecule has 1 N–H and O–H groups in total. The molecule has 218 valence electrons. The van der Waals surface area contributed by atoms with Gasteiger partial charge < -0.3 is 9.84 Å². The van der Waals surface area contributed by atoms with E-state index < -0.39 is 11.9 Å². The van der Waals surface area contributed by atoms with Gasteiger partial charge >= 0.3 is 11.9 Å². The maximum atomic E-state index is 12.0. The van der Waals surface area contributed by atoms with Crippen LogP contribution in [0.15, 0.2) is 12.2 Å². The number of aliphatic carboxylic acids is 1. The smallest absolute Gasteiger partial charge is 0.309 e. The van der Waals surface area contributed by atoms with Gasteiger partial charge in [0.1, 0.15) is 0 Å². The fraction of sp³-hybridized carbons (Fsp3) is 0.879. The molecule has 0 spiro atoms. The molecule has 1 atom stereocenters. The van der Waals surface area contributed by atoms with Crippen molar-refractivity contribution in [2.24, 2.45) is 5.92 Å². The lowest BCUT2D eigenvalue weighted by molar-refractivity contribution is -0.153. The van der Waals surface area contributed by atoms with Gasteiger partial charge in [0.05, 0.1) is 18.9 Å². The summed E-state index contributed by atoms with van der Waals surface area (Å²) in [5, 5.41) is 9.04. The van der Waals surface area contributed by atoms with Crippen molar-refractivity contribution in [2.75, 3.05) is 6.61 Å². The number of allylic oxidation sites excluding steroid dienone is 2. The second-order valence-corrected chi connectivity index (χ2v) is 11.0. The third-order valence-corrected chi connectivity index (χ3v) is 7.27.